The summed E-state index contributed by atoms with van der Waals surface area (Å²) in [5.74, 6) is -0.725. The largest absolute Gasteiger partial charge is 0.465 e. The van der Waals surface area contributed by atoms with Gasteiger partial charge in [-0.15, -0.1) is 0 Å². The molecule has 5 N–H and O–H groups in total. The number of nitrogens with one attached hydrogen (secondary N) is 2. The Balaban J connectivity index is 1.92. The van der Waals surface area contributed by atoms with Crippen LogP contribution in [0.3, 0.4) is 0 Å². The standard InChI is InChI=1S/C18H18BrF3N6O3/c19-10-4-9(18(20,21)22)5-12(6-10)25-15-13(14(23)29)7-24-16(27-15)28-3-1-2-11(8-28)26-17(30)31/h4-7,11,26H,1-3,8H2,(H2,23,29)(H,30,31)(H,24,25,27)/t11-/m0/s1. The molecule has 31 heavy (non-hydrogen) atoms. The summed E-state index contributed by atoms with van der Waals surface area (Å²) in [6.45, 7) is 0.846. The number of carboxylic acid groups (broad SMARTS) is 1. The summed E-state index contributed by atoms with van der Waals surface area (Å²) in [5.41, 5.74) is 4.41. The van der Waals surface area contributed by atoms with Crippen molar-refractivity contribution < 1.29 is 27.9 Å². The van der Waals surface area contributed by atoms with Crippen molar-refractivity contribution in [2.75, 3.05) is 23.3 Å². The predicted molar refractivity (Wildman–Crippen MR) is 109 cm³/mol. The number of alkyl halides is 3. The number of benzene rings is 1. The third-order valence-electron chi connectivity index (χ3n) is 4.56. The van der Waals surface area contributed by atoms with Crippen LogP contribution < -0.4 is 21.3 Å². The Morgan fingerprint density at radius 1 is 1.29 bits per heavy atom. The summed E-state index contributed by atoms with van der Waals surface area (Å²) in [5, 5.41) is 14.0. The molecule has 166 valence electrons. The van der Waals surface area contributed by atoms with Crippen LogP contribution in [0.2, 0.25) is 0 Å². The fourth-order valence-electron chi connectivity index (χ4n) is 3.21. The van der Waals surface area contributed by atoms with Crippen LogP contribution in [-0.2, 0) is 6.18 Å². The van der Waals surface area contributed by atoms with E-state index in [4.69, 9.17) is 10.8 Å². The van der Waals surface area contributed by atoms with Crippen molar-refractivity contribution >= 4 is 45.4 Å². The minimum absolute atomic E-state index is 0.0397. The smallest absolute Gasteiger partial charge is 0.416 e. The molecule has 1 aliphatic rings. The van der Waals surface area contributed by atoms with E-state index in [1.807, 2.05) is 0 Å². The van der Waals surface area contributed by atoms with E-state index in [9.17, 15) is 22.8 Å². The molecule has 2 heterocycles. The number of carbonyl (C=O) groups is 2. The number of aromatic nitrogens is 2. The average Bonchev–Trinajstić information content (AvgIpc) is 2.66. The first-order chi connectivity index (χ1) is 14.5. The number of anilines is 3. The van der Waals surface area contributed by atoms with E-state index >= 15 is 0 Å². The summed E-state index contributed by atoms with van der Waals surface area (Å²) in [6, 6.07) is 2.87. The highest BCUT2D eigenvalue weighted by atomic mass is 79.9. The highest BCUT2D eigenvalue weighted by Gasteiger charge is 2.31. The van der Waals surface area contributed by atoms with E-state index in [1.54, 1.807) is 4.90 Å². The maximum Gasteiger partial charge on any atom is 0.416 e. The van der Waals surface area contributed by atoms with Crippen molar-refractivity contribution in [2.24, 2.45) is 5.73 Å². The Morgan fingerprint density at radius 3 is 2.68 bits per heavy atom. The van der Waals surface area contributed by atoms with Crippen LogP contribution in [0.25, 0.3) is 0 Å². The minimum Gasteiger partial charge on any atom is -0.465 e. The lowest BCUT2D eigenvalue weighted by atomic mass is 10.1. The monoisotopic (exact) mass is 502 g/mol. The van der Waals surface area contributed by atoms with Crippen molar-refractivity contribution in [3.63, 3.8) is 0 Å². The van der Waals surface area contributed by atoms with E-state index in [-0.39, 0.29) is 33.5 Å². The number of hydrogen-bond acceptors (Lipinski definition) is 6. The first-order valence-electron chi connectivity index (χ1n) is 9.09. The van der Waals surface area contributed by atoms with Gasteiger partial charge in [-0.2, -0.15) is 18.2 Å². The molecule has 2 aromatic rings. The Morgan fingerprint density at radius 2 is 2.03 bits per heavy atom. The molecule has 0 aliphatic carbocycles. The fourth-order valence-corrected chi connectivity index (χ4v) is 3.71. The normalized spacial score (nSPS) is 16.6. The first kappa shape index (κ1) is 22.6. The van der Waals surface area contributed by atoms with Gasteiger partial charge in [0.05, 0.1) is 5.56 Å². The van der Waals surface area contributed by atoms with Crippen LogP contribution in [0, 0.1) is 0 Å². The number of carbonyl (C=O) groups excluding carboxylic acids is 1. The van der Waals surface area contributed by atoms with Crippen LogP contribution >= 0.6 is 15.9 Å². The Bertz CT molecular complexity index is 1000. The summed E-state index contributed by atoms with van der Waals surface area (Å²) >= 11 is 3.04. The minimum atomic E-state index is -4.57. The zero-order valence-electron chi connectivity index (χ0n) is 15.9. The summed E-state index contributed by atoms with van der Waals surface area (Å²) in [4.78, 5) is 32.8. The number of rotatable bonds is 5. The predicted octanol–water partition coefficient (Wildman–Crippen LogP) is 3.34. The number of primary amides is 1. The zero-order chi connectivity index (χ0) is 22.8. The number of nitrogens with two attached hydrogens (primary N) is 1. The maximum atomic E-state index is 13.1. The molecule has 1 saturated heterocycles. The van der Waals surface area contributed by atoms with Gasteiger partial charge in [0.25, 0.3) is 5.91 Å². The Hall–Kier alpha value is -3.09. The van der Waals surface area contributed by atoms with Gasteiger partial charge in [0.2, 0.25) is 5.95 Å². The van der Waals surface area contributed by atoms with Crippen molar-refractivity contribution in [1.29, 1.82) is 0 Å². The van der Waals surface area contributed by atoms with Gasteiger partial charge in [-0.1, -0.05) is 15.9 Å². The molecule has 13 heteroatoms. The SMILES string of the molecule is NC(=O)c1cnc(N2CCC[C@H](NC(=O)O)C2)nc1Nc1cc(Br)cc(C(F)(F)F)c1. The number of hydrogen-bond donors (Lipinski definition) is 4. The number of nitrogens with zero attached hydrogens (tertiary/aromatic N) is 3. The van der Waals surface area contributed by atoms with Crippen molar-refractivity contribution in [2.45, 2.75) is 25.1 Å². The molecule has 0 unspecified atom stereocenters. The van der Waals surface area contributed by atoms with Gasteiger partial charge < -0.3 is 26.4 Å². The number of amides is 2. The molecule has 1 aliphatic heterocycles. The average molecular weight is 503 g/mol. The molecule has 1 fully saturated rings. The third-order valence-corrected chi connectivity index (χ3v) is 5.02. The van der Waals surface area contributed by atoms with Gasteiger partial charge in [-0.05, 0) is 31.0 Å². The van der Waals surface area contributed by atoms with Crippen LogP contribution in [-0.4, -0.2) is 46.2 Å². The van der Waals surface area contributed by atoms with Gasteiger partial charge in [0.1, 0.15) is 11.4 Å². The van der Waals surface area contributed by atoms with E-state index in [0.29, 0.717) is 25.9 Å². The highest BCUT2D eigenvalue weighted by molar-refractivity contribution is 9.10. The van der Waals surface area contributed by atoms with Crippen LogP contribution in [0.5, 0.6) is 0 Å². The van der Waals surface area contributed by atoms with E-state index < -0.39 is 23.7 Å². The topological polar surface area (TPSA) is 133 Å². The second kappa shape index (κ2) is 8.96. The molecule has 0 radical (unpaired) electrons. The molecule has 0 bridgehead atoms. The molecular weight excluding hydrogens is 485 g/mol. The van der Waals surface area contributed by atoms with Gasteiger partial charge in [-0.25, -0.2) is 9.78 Å². The summed E-state index contributed by atoms with van der Waals surface area (Å²) in [6.07, 6.45) is -3.21. The second-order valence-corrected chi connectivity index (χ2v) is 7.80. The molecule has 0 saturated carbocycles. The number of piperidine rings is 1. The van der Waals surface area contributed by atoms with Crippen LogP contribution in [0.4, 0.5) is 35.4 Å². The van der Waals surface area contributed by atoms with Gasteiger partial charge >= 0.3 is 12.3 Å². The van der Waals surface area contributed by atoms with E-state index in [0.717, 1.165) is 12.1 Å². The summed E-state index contributed by atoms with van der Waals surface area (Å²) < 4.78 is 39.6. The quantitative estimate of drug-likeness (QED) is 0.492. The molecule has 9 nitrogen and oxygen atoms in total. The molecular formula is C18H18BrF3N6O3. The van der Waals surface area contributed by atoms with E-state index in [2.05, 4.69) is 36.5 Å². The molecule has 3 rings (SSSR count). The van der Waals surface area contributed by atoms with Gasteiger partial charge in [-0.3, -0.25) is 4.79 Å². The highest BCUT2D eigenvalue weighted by Crippen LogP contribution is 2.34. The molecule has 2 amide bonds. The van der Waals surface area contributed by atoms with Gasteiger partial charge in [0.15, 0.2) is 0 Å². The fraction of sp³-hybridized carbons (Fsp3) is 0.333. The van der Waals surface area contributed by atoms with E-state index in [1.165, 1.54) is 12.3 Å². The first-order valence-corrected chi connectivity index (χ1v) is 9.88. The lowest BCUT2D eigenvalue weighted by molar-refractivity contribution is -0.137. The second-order valence-electron chi connectivity index (χ2n) is 6.88. The van der Waals surface area contributed by atoms with Gasteiger partial charge in [0, 0.05) is 35.5 Å². The Labute approximate surface area is 183 Å². The van der Waals surface area contributed by atoms with Crippen LogP contribution in [0.15, 0.2) is 28.9 Å². The summed E-state index contributed by atoms with van der Waals surface area (Å²) in [7, 11) is 0. The molecule has 0 spiro atoms. The molecule has 1 aromatic carbocycles. The van der Waals surface area contributed by atoms with Crippen molar-refractivity contribution in [1.82, 2.24) is 15.3 Å². The lowest BCUT2D eigenvalue weighted by Crippen LogP contribution is -2.48. The lowest BCUT2D eigenvalue weighted by Gasteiger charge is -2.32. The van der Waals surface area contributed by atoms with Crippen molar-refractivity contribution in [3.05, 3.63) is 40.0 Å². The Kier molecular flexibility index (Phi) is 6.53. The molecule has 1 atom stereocenters. The third kappa shape index (κ3) is 5.75. The van der Waals surface area contributed by atoms with Crippen molar-refractivity contribution in [3.8, 4) is 0 Å². The maximum absolute atomic E-state index is 13.1. The number of halogens is 4. The zero-order valence-corrected chi connectivity index (χ0v) is 17.5. The molecule has 1 aromatic heterocycles. The van der Waals surface area contributed by atoms with Crippen LogP contribution in [0.1, 0.15) is 28.8 Å².